The molecule has 0 saturated carbocycles. The number of hydrogen-bond donors (Lipinski definition) is 0. The summed E-state index contributed by atoms with van der Waals surface area (Å²) in [5.41, 5.74) is 2.89. The van der Waals surface area contributed by atoms with E-state index < -0.39 is 11.4 Å². The number of fused-ring (bicyclic) bond motifs is 2. The van der Waals surface area contributed by atoms with Crippen molar-refractivity contribution in [2.24, 2.45) is 0 Å². The van der Waals surface area contributed by atoms with Crippen LogP contribution in [-0.4, -0.2) is 59.9 Å². The van der Waals surface area contributed by atoms with Crippen molar-refractivity contribution in [3.8, 4) is 11.5 Å². The maximum Gasteiger partial charge on any atom is 0.337 e. The molecule has 7 rings (SSSR count). The first-order valence-electron chi connectivity index (χ1n) is 15.1. The number of hydrogen-bond acceptors (Lipinski definition) is 7. The summed E-state index contributed by atoms with van der Waals surface area (Å²) in [5.74, 6) is 1.90. The topological polar surface area (TPSA) is 75.0 Å². The van der Waals surface area contributed by atoms with Gasteiger partial charge < -0.3 is 23.5 Å². The summed E-state index contributed by atoms with van der Waals surface area (Å²) in [6.07, 6.45) is 3.09. The monoisotopic (exact) mass is 619 g/mol. The minimum absolute atomic E-state index is 0.156. The average Bonchev–Trinajstić information content (AvgIpc) is 3.34. The highest BCUT2D eigenvalue weighted by Crippen LogP contribution is 2.46. The van der Waals surface area contributed by atoms with E-state index in [4.69, 9.17) is 35.5 Å². The number of para-hydroxylation sites is 1. The van der Waals surface area contributed by atoms with Crippen molar-refractivity contribution in [1.29, 1.82) is 0 Å². The standard InChI is InChI=1S/C34H35ClFN3O5/c1-34(26-8-7-23(35)17-27(26)36)20-43-32-25(4-3-5-30(32)44-34)21-10-13-38(14-11-21)19-31-37-28-9-6-22(33(40)41-2)16-29(28)39(31)18-24-12-15-42-24/h3-9,16-17,21,24H,10-15,18-20H2,1-2H3/t24-,34-/m0/s1. The SMILES string of the molecule is COC(=O)c1ccc2nc(CN3CCC(c4cccc5c4OC[C@@](C)(c4ccc(Cl)cc4F)O5)CC3)n(C[C@@H]3CCO3)c2c1. The predicted molar refractivity (Wildman–Crippen MR) is 164 cm³/mol. The van der Waals surface area contributed by atoms with Gasteiger partial charge in [-0.1, -0.05) is 29.8 Å². The third-order valence-corrected chi connectivity index (χ3v) is 9.39. The van der Waals surface area contributed by atoms with Crippen molar-refractivity contribution in [2.75, 3.05) is 33.4 Å². The number of piperidine rings is 1. The fraction of sp³-hybridized carbons (Fsp3) is 0.412. The molecule has 1 aromatic heterocycles. The first-order valence-corrected chi connectivity index (χ1v) is 15.5. The van der Waals surface area contributed by atoms with Gasteiger partial charge >= 0.3 is 5.97 Å². The third-order valence-electron chi connectivity index (χ3n) is 9.16. The lowest BCUT2D eigenvalue weighted by molar-refractivity contribution is -0.0592. The van der Waals surface area contributed by atoms with E-state index in [-0.39, 0.29) is 18.7 Å². The number of benzene rings is 3. The summed E-state index contributed by atoms with van der Waals surface area (Å²) in [6, 6.07) is 16.2. The number of carbonyl (C=O) groups is 1. The van der Waals surface area contributed by atoms with Gasteiger partial charge in [-0.25, -0.2) is 14.2 Å². The van der Waals surface area contributed by atoms with E-state index in [9.17, 15) is 9.18 Å². The van der Waals surface area contributed by atoms with Crippen molar-refractivity contribution < 1.29 is 28.1 Å². The molecule has 0 unspecified atom stereocenters. The number of likely N-dealkylation sites (tertiary alicyclic amines) is 1. The number of carbonyl (C=O) groups excluding carboxylic acids is 1. The number of rotatable bonds is 7. The maximum absolute atomic E-state index is 14.8. The molecule has 10 heteroatoms. The van der Waals surface area contributed by atoms with Gasteiger partial charge in [0.05, 0.1) is 42.9 Å². The Hall–Kier alpha value is -3.66. The lowest BCUT2D eigenvalue weighted by atomic mass is 9.87. The number of aromatic nitrogens is 2. The largest absolute Gasteiger partial charge is 0.485 e. The third kappa shape index (κ3) is 5.42. The van der Waals surface area contributed by atoms with Crippen LogP contribution in [0.4, 0.5) is 4.39 Å². The van der Waals surface area contributed by atoms with Crippen LogP contribution in [-0.2, 0) is 28.2 Å². The molecule has 0 aliphatic carbocycles. The summed E-state index contributed by atoms with van der Waals surface area (Å²) >= 11 is 5.98. The molecule has 3 aliphatic heterocycles. The van der Waals surface area contributed by atoms with Crippen molar-refractivity contribution in [1.82, 2.24) is 14.5 Å². The molecule has 4 aromatic rings. The minimum Gasteiger partial charge on any atom is -0.485 e. The molecule has 44 heavy (non-hydrogen) atoms. The molecule has 4 heterocycles. The number of imidazole rings is 1. The Morgan fingerprint density at radius 1 is 1.14 bits per heavy atom. The molecular formula is C34H35ClFN3O5. The second-order valence-electron chi connectivity index (χ2n) is 12.1. The van der Waals surface area contributed by atoms with Crippen LogP contribution in [0.1, 0.15) is 59.4 Å². The summed E-state index contributed by atoms with van der Waals surface area (Å²) in [6.45, 7) is 6.04. The van der Waals surface area contributed by atoms with Crippen LogP contribution >= 0.6 is 11.6 Å². The average molecular weight is 620 g/mol. The van der Waals surface area contributed by atoms with Crippen LogP contribution in [0.5, 0.6) is 11.5 Å². The van der Waals surface area contributed by atoms with Gasteiger partial charge in [0.25, 0.3) is 0 Å². The van der Waals surface area contributed by atoms with Gasteiger partial charge in [0.15, 0.2) is 17.1 Å². The summed E-state index contributed by atoms with van der Waals surface area (Å²) in [7, 11) is 1.39. The van der Waals surface area contributed by atoms with Gasteiger partial charge in [-0.15, -0.1) is 0 Å². The molecule has 0 N–H and O–H groups in total. The van der Waals surface area contributed by atoms with E-state index in [1.807, 2.05) is 31.2 Å². The van der Waals surface area contributed by atoms with Gasteiger partial charge in [-0.2, -0.15) is 0 Å². The zero-order chi connectivity index (χ0) is 30.4. The highest BCUT2D eigenvalue weighted by molar-refractivity contribution is 6.30. The Labute approximate surface area is 260 Å². The van der Waals surface area contributed by atoms with Crippen LogP contribution in [0, 0.1) is 5.82 Å². The van der Waals surface area contributed by atoms with Crippen molar-refractivity contribution >= 4 is 28.6 Å². The molecule has 230 valence electrons. The van der Waals surface area contributed by atoms with E-state index in [1.54, 1.807) is 18.2 Å². The molecule has 3 aliphatic rings. The molecule has 0 amide bonds. The molecule has 2 saturated heterocycles. The Morgan fingerprint density at radius 2 is 1.95 bits per heavy atom. The zero-order valence-corrected chi connectivity index (χ0v) is 25.6. The van der Waals surface area contributed by atoms with Gasteiger partial charge in [0.1, 0.15) is 18.2 Å². The van der Waals surface area contributed by atoms with E-state index in [1.165, 1.54) is 13.2 Å². The van der Waals surface area contributed by atoms with Gasteiger partial charge in [-0.05, 0) is 81.6 Å². The van der Waals surface area contributed by atoms with E-state index in [0.29, 0.717) is 40.9 Å². The molecule has 0 radical (unpaired) electrons. The Kier molecular flexibility index (Phi) is 7.72. The second kappa shape index (κ2) is 11.7. The molecule has 0 spiro atoms. The predicted octanol–water partition coefficient (Wildman–Crippen LogP) is 6.47. The van der Waals surface area contributed by atoms with Crippen LogP contribution < -0.4 is 9.47 Å². The molecule has 2 fully saturated rings. The number of esters is 1. The maximum atomic E-state index is 14.8. The second-order valence-corrected chi connectivity index (χ2v) is 12.5. The summed E-state index contributed by atoms with van der Waals surface area (Å²) < 4.78 is 40.4. The summed E-state index contributed by atoms with van der Waals surface area (Å²) in [4.78, 5) is 19.6. The highest BCUT2D eigenvalue weighted by atomic mass is 35.5. The van der Waals surface area contributed by atoms with E-state index in [2.05, 4.69) is 15.5 Å². The quantitative estimate of drug-likeness (QED) is 0.220. The lowest BCUT2D eigenvalue weighted by Gasteiger charge is -2.38. The first-order chi connectivity index (χ1) is 21.3. The van der Waals surface area contributed by atoms with Gasteiger partial charge in [-0.3, -0.25) is 4.90 Å². The molecule has 2 atom stereocenters. The Morgan fingerprint density at radius 3 is 2.68 bits per heavy atom. The van der Waals surface area contributed by atoms with Crippen LogP contribution in [0.25, 0.3) is 11.0 Å². The highest BCUT2D eigenvalue weighted by Gasteiger charge is 2.39. The van der Waals surface area contributed by atoms with Crippen LogP contribution in [0.2, 0.25) is 5.02 Å². The zero-order valence-electron chi connectivity index (χ0n) is 24.9. The van der Waals surface area contributed by atoms with Crippen LogP contribution in [0.3, 0.4) is 0 Å². The molecule has 3 aromatic carbocycles. The fourth-order valence-corrected chi connectivity index (χ4v) is 6.76. The van der Waals surface area contributed by atoms with Gasteiger partial charge in [0.2, 0.25) is 0 Å². The minimum atomic E-state index is -0.961. The molecule has 8 nitrogen and oxygen atoms in total. The molecule has 0 bridgehead atoms. The molecular weight excluding hydrogens is 585 g/mol. The number of methoxy groups -OCH3 is 1. The van der Waals surface area contributed by atoms with Crippen molar-refractivity contribution in [2.45, 2.75) is 56.9 Å². The van der Waals surface area contributed by atoms with Crippen molar-refractivity contribution in [3.63, 3.8) is 0 Å². The number of halogens is 2. The Balaban J connectivity index is 1.07. The van der Waals surface area contributed by atoms with E-state index in [0.717, 1.165) is 67.1 Å². The first kappa shape index (κ1) is 29.1. The van der Waals surface area contributed by atoms with Crippen molar-refractivity contribution in [3.05, 3.63) is 88.0 Å². The van der Waals surface area contributed by atoms with Crippen LogP contribution in [0.15, 0.2) is 54.6 Å². The number of nitrogens with zero attached hydrogens (tertiary/aromatic N) is 3. The van der Waals surface area contributed by atoms with E-state index >= 15 is 0 Å². The fourth-order valence-electron chi connectivity index (χ4n) is 6.60. The summed E-state index contributed by atoms with van der Waals surface area (Å²) in [5, 5.41) is 0.345. The smallest absolute Gasteiger partial charge is 0.337 e. The normalized spacial score (nSPS) is 22.1. The number of ether oxygens (including phenoxy) is 4. The van der Waals surface area contributed by atoms with Gasteiger partial charge in [0, 0.05) is 22.8 Å². The Bertz CT molecular complexity index is 1710. The lowest BCUT2D eigenvalue weighted by Crippen LogP contribution is -2.40.